The van der Waals surface area contributed by atoms with E-state index in [4.69, 9.17) is 9.84 Å². The van der Waals surface area contributed by atoms with Gasteiger partial charge in [0.2, 0.25) is 5.91 Å². The van der Waals surface area contributed by atoms with Gasteiger partial charge in [0.05, 0.1) is 5.41 Å². The van der Waals surface area contributed by atoms with Gasteiger partial charge in [-0.2, -0.15) is 0 Å². The molecule has 2 aromatic carbocycles. The Morgan fingerprint density at radius 2 is 1.67 bits per heavy atom. The third-order valence-electron chi connectivity index (χ3n) is 6.68. The molecule has 0 aromatic heterocycles. The van der Waals surface area contributed by atoms with Crippen LogP contribution in [0.2, 0.25) is 0 Å². The number of carbonyl (C=O) groups excluding carboxylic acids is 2. The van der Waals surface area contributed by atoms with E-state index in [9.17, 15) is 14.4 Å². The van der Waals surface area contributed by atoms with Crippen LogP contribution < -0.4 is 5.32 Å². The molecule has 1 aliphatic heterocycles. The first-order chi connectivity index (χ1) is 15.8. The molecular formula is C26H30N2O5. The quantitative estimate of drug-likeness (QED) is 0.633. The summed E-state index contributed by atoms with van der Waals surface area (Å²) in [6.45, 7) is 4.32. The fourth-order valence-corrected chi connectivity index (χ4v) is 4.74. The highest BCUT2D eigenvalue weighted by Crippen LogP contribution is 2.44. The second kappa shape index (κ2) is 9.25. The van der Waals surface area contributed by atoms with Gasteiger partial charge < -0.3 is 20.1 Å². The van der Waals surface area contributed by atoms with Gasteiger partial charge in [-0.25, -0.2) is 4.79 Å². The Kier molecular flexibility index (Phi) is 6.40. The van der Waals surface area contributed by atoms with E-state index in [2.05, 4.69) is 29.6 Å². The number of fused-ring (bicyclic) bond motifs is 3. The van der Waals surface area contributed by atoms with Gasteiger partial charge in [-0.15, -0.1) is 0 Å². The fourth-order valence-electron chi connectivity index (χ4n) is 4.74. The molecule has 1 saturated heterocycles. The van der Waals surface area contributed by atoms with Crippen LogP contribution in [0.15, 0.2) is 48.5 Å². The van der Waals surface area contributed by atoms with E-state index in [0.717, 1.165) is 0 Å². The van der Waals surface area contributed by atoms with Gasteiger partial charge in [0, 0.05) is 31.5 Å². The summed E-state index contributed by atoms with van der Waals surface area (Å²) >= 11 is 0. The molecule has 0 spiro atoms. The van der Waals surface area contributed by atoms with Crippen molar-refractivity contribution in [1.82, 2.24) is 10.2 Å². The van der Waals surface area contributed by atoms with Crippen LogP contribution in [0, 0.1) is 5.41 Å². The zero-order valence-corrected chi connectivity index (χ0v) is 19.0. The Morgan fingerprint density at radius 1 is 1.09 bits per heavy atom. The van der Waals surface area contributed by atoms with Gasteiger partial charge in [0.1, 0.15) is 6.61 Å². The molecule has 1 unspecified atom stereocenters. The average molecular weight is 451 g/mol. The lowest BCUT2D eigenvalue weighted by Crippen LogP contribution is -2.60. The summed E-state index contributed by atoms with van der Waals surface area (Å²) in [5.74, 6) is -0.890. The zero-order chi connectivity index (χ0) is 23.6. The van der Waals surface area contributed by atoms with Gasteiger partial charge in [0.25, 0.3) is 0 Å². The van der Waals surface area contributed by atoms with Crippen LogP contribution >= 0.6 is 0 Å². The van der Waals surface area contributed by atoms with Crippen LogP contribution in [0.1, 0.15) is 50.2 Å². The molecule has 2 aliphatic rings. The third-order valence-corrected chi connectivity index (χ3v) is 6.68. The molecule has 0 bridgehead atoms. The Bertz CT molecular complexity index is 1010. The van der Waals surface area contributed by atoms with Crippen molar-refractivity contribution in [1.29, 1.82) is 0 Å². The SMILES string of the molecule is CC(CCCC(=O)N1CC(C)(C(=O)O)C1)NC(=O)OCC1c2ccccc2-c2ccccc21. The number of rotatable bonds is 8. The number of amides is 2. The van der Waals surface area contributed by atoms with E-state index < -0.39 is 17.5 Å². The van der Waals surface area contributed by atoms with Crippen molar-refractivity contribution < 1.29 is 24.2 Å². The van der Waals surface area contributed by atoms with E-state index in [-0.39, 0.29) is 37.6 Å². The summed E-state index contributed by atoms with van der Waals surface area (Å²) in [5.41, 5.74) is 3.89. The minimum atomic E-state index is -0.868. The second-order valence-corrected chi connectivity index (χ2v) is 9.38. The van der Waals surface area contributed by atoms with E-state index in [1.165, 1.54) is 22.3 Å². The first-order valence-electron chi connectivity index (χ1n) is 11.4. The van der Waals surface area contributed by atoms with E-state index >= 15 is 0 Å². The monoisotopic (exact) mass is 450 g/mol. The standard InChI is InChI=1S/C26H30N2O5/c1-17(8-7-13-23(29)28-15-26(2,16-28)24(30)31)27-25(32)33-14-22-20-11-5-3-9-18(20)19-10-4-6-12-21(19)22/h3-6,9-12,17,22H,7-8,13-16H2,1-2H3,(H,27,32)(H,30,31). The van der Waals surface area contributed by atoms with Crippen LogP contribution in [0.25, 0.3) is 11.1 Å². The van der Waals surface area contributed by atoms with Crippen LogP contribution in [-0.4, -0.2) is 53.7 Å². The van der Waals surface area contributed by atoms with Crippen LogP contribution in [0.4, 0.5) is 4.79 Å². The van der Waals surface area contributed by atoms with E-state index in [1.54, 1.807) is 11.8 Å². The Balaban J connectivity index is 1.20. The number of nitrogens with one attached hydrogen (secondary N) is 1. The molecule has 0 saturated carbocycles. The smallest absolute Gasteiger partial charge is 0.407 e. The summed E-state index contributed by atoms with van der Waals surface area (Å²) in [6, 6.07) is 16.3. The number of aliphatic carboxylic acids is 1. The Morgan fingerprint density at radius 3 is 2.24 bits per heavy atom. The highest BCUT2D eigenvalue weighted by Gasteiger charge is 2.47. The lowest BCUT2D eigenvalue weighted by Gasteiger charge is -2.45. The lowest BCUT2D eigenvalue weighted by atomic mass is 9.82. The summed E-state index contributed by atoms with van der Waals surface area (Å²) in [4.78, 5) is 37.3. The molecule has 1 fully saturated rings. The number of hydrogen-bond acceptors (Lipinski definition) is 4. The lowest BCUT2D eigenvalue weighted by molar-refractivity contribution is -0.163. The third kappa shape index (κ3) is 4.72. The molecular weight excluding hydrogens is 420 g/mol. The highest BCUT2D eigenvalue weighted by molar-refractivity contribution is 5.83. The zero-order valence-electron chi connectivity index (χ0n) is 19.0. The minimum Gasteiger partial charge on any atom is -0.481 e. The van der Waals surface area contributed by atoms with Crippen molar-refractivity contribution in [2.75, 3.05) is 19.7 Å². The normalized spacial score (nSPS) is 16.8. The van der Waals surface area contributed by atoms with Crippen LogP contribution in [0.3, 0.4) is 0 Å². The van der Waals surface area contributed by atoms with E-state index in [0.29, 0.717) is 19.3 Å². The molecule has 7 heteroatoms. The number of nitrogens with zero attached hydrogens (tertiary/aromatic N) is 1. The van der Waals surface area contributed by atoms with Crippen molar-refractivity contribution in [3.63, 3.8) is 0 Å². The van der Waals surface area contributed by atoms with Gasteiger partial charge in [-0.1, -0.05) is 48.5 Å². The maximum absolute atomic E-state index is 12.4. The number of hydrogen-bond donors (Lipinski definition) is 2. The topological polar surface area (TPSA) is 95.9 Å². The molecule has 4 rings (SSSR count). The van der Waals surface area contributed by atoms with Crippen molar-refractivity contribution in [2.24, 2.45) is 5.41 Å². The molecule has 174 valence electrons. The van der Waals surface area contributed by atoms with Gasteiger partial charge in [0.15, 0.2) is 0 Å². The number of likely N-dealkylation sites (tertiary alicyclic amines) is 1. The number of benzene rings is 2. The highest BCUT2D eigenvalue weighted by atomic mass is 16.5. The number of ether oxygens (including phenoxy) is 1. The second-order valence-electron chi connectivity index (χ2n) is 9.38. The number of alkyl carbamates (subject to hydrolysis) is 1. The maximum atomic E-state index is 12.4. The summed E-state index contributed by atoms with van der Waals surface area (Å²) < 4.78 is 5.57. The van der Waals surface area contributed by atoms with Crippen molar-refractivity contribution >= 4 is 18.0 Å². The molecule has 1 atom stereocenters. The molecule has 2 aromatic rings. The maximum Gasteiger partial charge on any atom is 0.407 e. The summed E-state index contributed by atoms with van der Waals surface area (Å²) in [7, 11) is 0. The number of carboxylic acid groups (broad SMARTS) is 1. The predicted molar refractivity (Wildman–Crippen MR) is 124 cm³/mol. The summed E-state index contributed by atoms with van der Waals surface area (Å²) in [6.07, 6.45) is 1.13. The Labute approximate surface area is 193 Å². The average Bonchev–Trinajstić information content (AvgIpc) is 3.09. The van der Waals surface area contributed by atoms with Crippen LogP contribution in [-0.2, 0) is 14.3 Å². The Hall–Kier alpha value is -3.35. The van der Waals surface area contributed by atoms with Crippen molar-refractivity contribution in [3.05, 3.63) is 59.7 Å². The largest absolute Gasteiger partial charge is 0.481 e. The molecule has 2 N–H and O–H groups in total. The number of carbonyl (C=O) groups is 3. The first-order valence-corrected chi connectivity index (χ1v) is 11.4. The van der Waals surface area contributed by atoms with Gasteiger partial charge in [-0.05, 0) is 48.9 Å². The predicted octanol–water partition coefficient (Wildman–Crippen LogP) is 4.02. The molecule has 2 amide bonds. The first kappa shape index (κ1) is 22.8. The molecule has 0 radical (unpaired) electrons. The molecule has 1 heterocycles. The van der Waals surface area contributed by atoms with Gasteiger partial charge in [-0.3, -0.25) is 9.59 Å². The van der Waals surface area contributed by atoms with E-state index in [1.807, 2.05) is 31.2 Å². The van der Waals surface area contributed by atoms with Crippen molar-refractivity contribution in [3.8, 4) is 11.1 Å². The van der Waals surface area contributed by atoms with Gasteiger partial charge >= 0.3 is 12.1 Å². The molecule has 1 aliphatic carbocycles. The minimum absolute atomic E-state index is 0.0177. The molecule has 7 nitrogen and oxygen atoms in total. The summed E-state index contributed by atoms with van der Waals surface area (Å²) in [5, 5.41) is 12.0. The fraction of sp³-hybridized carbons (Fsp3) is 0.423. The van der Waals surface area contributed by atoms with Crippen molar-refractivity contribution in [2.45, 2.75) is 45.1 Å². The number of carboxylic acids is 1. The van der Waals surface area contributed by atoms with Crippen LogP contribution in [0.5, 0.6) is 0 Å². The molecule has 33 heavy (non-hydrogen) atoms.